The largest absolute Gasteiger partial charge is 0.486 e. The Kier molecular flexibility index (Phi) is 3.20. The predicted octanol–water partition coefficient (Wildman–Crippen LogP) is 3.46. The Morgan fingerprint density at radius 1 is 1.14 bits per heavy atom. The van der Waals surface area contributed by atoms with Crippen molar-refractivity contribution < 1.29 is 9.47 Å². The number of nitrogens with zero attached hydrogens (tertiary/aromatic N) is 2. The van der Waals surface area contributed by atoms with Crippen LogP contribution in [-0.2, 0) is 6.42 Å². The number of rotatable bonds is 3. The molecule has 1 aromatic carbocycles. The molecule has 0 radical (unpaired) electrons. The van der Waals surface area contributed by atoms with Crippen LogP contribution in [0, 0.1) is 0 Å². The first-order chi connectivity index (χ1) is 10.4. The molecule has 0 aliphatic carbocycles. The van der Waals surface area contributed by atoms with Crippen LogP contribution in [0.1, 0.15) is 12.1 Å². The van der Waals surface area contributed by atoms with E-state index < -0.39 is 0 Å². The molecule has 0 unspecified atom stereocenters. The highest BCUT2D eigenvalue weighted by molar-refractivity contribution is 7.16. The van der Waals surface area contributed by atoms with E-state index in [2.05, 4.69) is 21.4 Å². The van der Waals surface area contributed by atoms with Gasteiger partial charge in [0.25, 0.3) is 0 Å². The molecule has 0 spiro atoms. The van der Waals surface area contributed by atoms with Crippen molar-refractivity contribution in [2.75, 3.05) is 6.61 Å². The summed E-state index contributed by atoms with van der Waals surface area (Å²) in [5.74, 6) is 1.66. The Labute approximate surface area is 126 Å². The molecule has 21 heavy (non-hydrogen) atoms. The molecular weight excluding hydrogens is 284 g/mol. The molecule has 4 rings (SSSR count). The van der Waals surface area contributed by atoms with Gasteiger partial charge in [-0.05, 0) is 36.4 Å². The normalized spacial score (nSPS) is 17.0. The van der Waals surface area contributed by atoms with Crippen molar-refractivity contribution in [3.8, 4) is 11.5 Å². The van der Waals surface area contributed by atoms with Gasteiger partial charge in [-0.2, -0.15) is 0 Å². The minimum absolute atomic E-state index is 0.0727. The van der Waals surface area contributed by atoms with Gasteiger partial charge in [-0.15, -0.1) is 11.3 Å². The smallest absolute Gasteiger partial charge is 0.161 e. The van der Waals surface area contributed by atoms with Crippen LogP contribution in [0.4, 0.5) is 0 Å². The summed E-state index contributed by atoms with van der Waals surface area (Å²) in [5, 5.41) is 3.21. The Hall–Kier alpha value is -2.14. The van der Waals surface area contributed by atoms with Crippen LogP contribution < -0.4 is 9.47 Å². The standard InChI is InChI=1S/C16H14N2O2S/c1-2-4-15-14(3-1)19-9-11(20-15)5-6-13-12-7-8-21-16(12)18-10-17-13/h1-4,7-8,10-11H,5-6,9H2/t11-/m0/s1. The summed E-state index contributed by atoms with van der Waals surface area (Å²) in [6.07, 6.45) is 3.47. The fourth-order valence-corrected chi connectivity index (χ4v) is 3.30. The van der Waals surface area contributed by atoms with Crippen molar-refractivity contribution in [3.63, 3.8) is 0 Å². The number of hydrogen-bond donors (Lipinski definition) is 0. The number of hydrogen-bond acceptors (Lipinski definition) is 5. The highest BCUT2D eigenvalue weighted by atomic mass is 32.1. The molecule has 0 saturated carbocycles. The van der Waals surface area contributed by atoms with E-state index in [-0.39, 0.29) is 6.10 Å². The van der Waals surface area contributed by atoms with Crippen molar-refractivity contribution in [1.82, 2.24) is 9.97 Å². The summed E-state index contributed by atoms with van der Waals surface area (Å²) in [4.78, 5) is 9.73. The highest BCUT2D eigenvalue weighted by Gasteiger charge is 2.20. The molecule has 0 saturated heterocycles. The van der Waals surface area contributed by atoms with Crippen molar-refractivity contribution in [3.05, 3.63) is 47.7 Å². The van der Waals surface area contributed by atoms with E-state index >= 15 is 0 Å². The maximum absolute atomic E-state index is 5.98. The maximum atomic E-state index is 5.98. The van der Waals surface area contributed by atoms with Gasteiger partial charge in [0, 0.05) is 5.39 Å². The third-order valence-corrected chi connectivity index (χ3v) is 4.44. The molecular formula is C16H14N2O2S. The lowest BCUT2D eigenvalue weighted by atomic mass is 10.1. The first-order valence-corrected chi connectivity index (χ1v) is 7.84. The van der Waals surface area contributed by atoms with Crippen LogP contribution in [0.5, 0.6) is 11.5 Å². The van der Waals surface area contributed by atoms with Gasteiger partial charge in [0.05, 0.1) is 5.69 Å². The highest BCUT2D eigenvalue weighted by Crippen LogP contribution is 2.32. The second-order valence-electron chi connectivity index (χ2n) is 5.00. The van der Waals surface area contributed by atoms with Crippen molar-refractivity contribution >= 4 is 21.6 Å². The van der Waals surface area contributed by atoms with Crippen LogP contribution >= 0.6 is 11.3 Å². The monoisotopic (exact) mass is 298 g/mol. The zero-order valence-corrected chi connectivity index (χ0v) is 12.2. The third kappa shape index (κ3) is 2.45. The average Bonchev–Trinajstić information content (AvgIpc) is 3.02. The minimum atomic E-state index is 0.0727. The van der Waals surface area contributed by atoms with E-state index in [1.807, 2.05) is 24.3 Å². The van der Waals surface area contributed by atoms with Crippen molar-refractivity contribution in [2.45, 2.75) is 18.9 Å². The van der Waals surface area contributed by atoms with Crippen LogP contribution in [-0.4, -0.2) is 22.7 Å². The van der Waals surface area contributed by atoms with Gasteiger partial charge in [-0.3, -0.25) is 0 Å². The van der Waals surface area contributed by atoms with Crippen LogP contribution in [0.25, 0.3) is 10.2 Å². The summed E-state index contributed by atoms with van der Waals surface area (Å²) < 4.78 is 11.7. The van der Waals surface area contributed by atoms with Gasteiger partial charge in [0.1, 0.15) is 23.9 Å². The molecule has 2 aromatic heterocycles. The van der Waals surface area contributed by atoms with E-state index in [0.29, 0.717) is 6.61 Å². The third-order valence-electron chi connectivity index (χ3n) is 3.61. The number of ether oxygens (including phenoxy) is 2. The maximum Gasteiger partial charge on any atom is 0.161 e. The molecule has 106 valence electrons. The molecule has 1 aliphatic rings. The molecule has 1 aliphatic heterocycles. The van der Waals surface area contributed by atoms with E-state index in [1.54, 1.807) is 17.7 Å². The summed E-state index contributed by atoms with van der Waals surface area (Å²) in [6.45, 7) is 0.592. The number of thiophene rings is 1. The zero-order chi connectivity index (χ0) is 14.1. The van der Waals surface area contributed by atoms with Gasteiger partial charge >= 0.3 is 0 Å². The first-order valence-electron chi connectivity index (χ1n) is 6.96. The van der Waals surface area contributed by atoms with Crippen LogP contribution in [0.2, 0.25) is 0 Å². The number of aromatic nitrogens is 2. The van der Waals surface area contributed by atoms with Gasteiger partial charge in [0.15, 0.2) is 11.5 Å². The lowest BCUT2D eigenvalue weighted by Crippen LogP contribution is -2.29. The minimum Gasteiger partial charge on any atom is -0.486 e. The molecule has 1 atom stereocenters. The summed E-state index contributed by atoms with van der Waals surface area (Å²) in [7, 11) is 0. The molecule has 0 N–H and O–H groups in total. The van der Waals surface area contributed by atoms with E-state index in [9.17, 15) is 0 Å². The fraction of sp³-hybridized carbons (Fsp3) is 0.250. The molecule has 3 heterocycles. The number of para-hydroxylation sites is 2. The van der Waals surface area contributed by atoms with Gasteiger partial charge in [-0.1, -0.05) is 12.1 Å². The quantitative estimate of drug-likeness (QED) is 0.742. The molecule has 4 nitrogen and oxygen atoms in total. The Bertz CT molecular complexity index is 772. The number of fused-ring (bicyclic) bond motifs is 2. The predicted molar refractivity (Wildman–Crippen MR) is 82.1 cm³/mol. The molecule has 0 fully saturated rings. The SMILES string of the molecule is c1ccc2c(c1)OC[C@H](CCc1ncnc3sccc13)O2. The summed E-state index contributed by atoms with van der Waals surface area (Å²) in [6, 6.07) is 9.89. The zero-order valence-electron chi connectivity index (χ0n) is 11.4. The summed E-state index contributed by atoms with van der Waals surface area (Å²) >= 11 is 1.65. The van der Waals surface area contributed by atoms with Gasteiger partial charge in [-0.25, -0.2) is 9.97 Å². The molecule has 3 aromatic rings. The van der Waals surface area contributed by atoms with Crippen LogP contribution in [0.3, 0.4) is 0 Å². The lowest BCUT2D eigenvalue weighted by Gasteiger charge is -2.26. The Morgan fingerprint density at radius 2 is 2.05 bits per heavy atom. The second-order valence-corrected chi connectivity index (χ2v) is 5.89. The van der Waals surface area contributed by atoms with Crippen molar-refractivity contribution in [1.29, 1.82) is 0 Å². The summed E-state index contributed by atoms with van der Waals surface area (Å²) in [5.41, 5.74) is 1.09. The average molecular weight is 298 g/mol. The number of benzene rings is 1. The van der Waals surface area contributed by atoms with Gasteiger partial charge < -0.3 is 9.47 Å². The van der Waals surface area contributed by atoms with Crippen molar-refractivity contribution in [2.24, 2.45) is 0 Å². The van der Waals surface area contributed by atoms with E-state index in [1.165, 1.54) is 0 Å². The fourth-order valence-electron chi connectivity index (χ4n) is 2.54. The van der Waals surface area contributed by atoms with Crippen LogP contribution in [0.15, 0.2) is 42.0 Å². The van der Waals surface area contributed by atoms with E-state index in [0.717, 1.165) is 40.3 Å². The topological polar surface area (TPSA) is 44.2 Å². The Morgan fingerprint density at radius 3 is 3.00 bits per heavy atom. The molecule has 0 amide bonds. The molecule has 0 bridgehead atoms. The Balaban J connectivity index is 1.47. The number of aryl methyl sites for hydroxylation is 1. The lowest BCUT2D eigenvalue weighted by molar-refractivity contribution is 0.0850. The first kappa shape index (κ1) is 12.6. The second kappa shape index (κ2) is 5.33. The van der Waals surface area contributed by atoms with E-state index in [4.69, 9.17) is 9.47 Å². The molecule has 5 heteroatoms. The van der Waals surface area contributed by atoms with Gasteiger partial charge in [0.2, 0.25) is 0 Å².